The predicted molar refractivity (Wildman–Crippen MR) is 54.3 cm³/mol. The zero-order valence-corrected chi connectivity index (χ0v) is 8.51. The van der Waals surface area contributed by atoms with Crippen LogP contribution in [0, 0.1) is 0 Å². The normalized spacial score (nSPS) is 21.3. The molecule has 6 heteroatoms. The smallest absolute Gasteiger partial charge is 0.199 e. The molecule has 1 aliphatic heterocycles. The average Bonchev–Trinajstić information content (AvgIpc) is 2.87. The number of aryl methyl sites for hydroxylation is 1. The zero-order valence-electron chi connectivity index (χ0n) is 8.51. The van der Waals surface area contributed by atoms with Gasteiger partial charge < -0.3 is 5.32 Å². The van der Waals surface area contributed by atoms with Crippen molar-refractivity contribution in [1.82, 2.24) is 30.3 Å². The van der Waals surface area contributed by atoms with Gasteiger partial charge in [-0.05, 0) is 13.0 Å². The Balaban J connectivity index is 2.17. The second kappa shape index (κ2) is 3.23. The fourth-order valence-corrected chi connectivity index (χ4v) is 2.09. The van der Waals surface area contributed by atoms with E-state index in [1.807, 2.05) is 7.05 Å². The van der Waals surface area contributed by atoms with Crippen LogP contribution in [0.15, 0.2) is 6.33 Å². The van der Waals surface area contributed by atoms with E-state index < -0.39 is 0 Å². The number of rotatable bonds is 1. The van der Waals surface area contributed by atoms with Crippen molar-refractivity contribution in [2.45, 2.75) is 12.3 Å². The molecule has 1 saturated heterocycles. The van der Waals surface area contributed by atoms with Crippen LogP contribution in [-0.2, 0) is 7.05 Å². The van der Waals surface area contributed by atoms with Gasteiger partial charge in [0.1, 0.15) is 11.8 Å². The largest absolute Gasteiger partial charge is 0.316 e. The minimum Gasteiger partial charge on any atom is -0.316 e. The molecule has 0 spiro atoms. The first-order valence-corrected chi connectivity index (χ1v) is 5.07. The van der Waals surface area contributed by atoms with Crippen molar-refractivity contribution in [3.8, 4) is 0 Å². The summed E-state index contributed by atoms with van der Waals surface area (Å²) >= 11 is 0. The maximum atomic E-state index is 4.48. The minimum absolute atomic E-state index is 0.463. The number of hydrogen-bond acceptors (Lipinski definition) is 5. The van der Waals surface area contributed by atoms with Crippen LogP contribution < -0.4 is 5.32 Å². The van der Waals surface area contributed by atoms with Crippen LogP contribution in [0.3, 0.4) is 0 Å². The van der Waals surface area contributed by atoms with Crippen molar-refractivity contribution >= 4 is 11.2 Å². The van der Waals surface area contributed by atoms with E-state index in [1.54, 1.807) is 4.68 Å². The van der Waals surface area contributed by atoms with E-state index in [0.717, 1.165) is 36.4 Å². The van der Waals surface area contributed by atoms with Gasteiger partial charge in [-0.2, -0.15) is 5.10 Å². The minimum atomic E-state index is 0.463. The highest BCUT2D eigenvalue weighted by atomic mass is 15.3. The summed E-state index contributed by atoms with van der Waals surface area (Å²) in [7, 11) is 1.88. The molecule has 0 radical (unpaired) electrons. The Labute approximate surface area is 86.7 Å². The number of hydrogen-bond donors (Lipinski definition) is 1. The molecule has 6 nitrogen and oxygen atoms in total. The molecule has 15 heavy (non-hydrogen) atoms. The molecule has 1 aliphatic rings. The van der Waals surface area contributed by atoms with Crippen LogP contribution >= 0.6 is 0 Å². The molecule has 0 aromatic carbocycles. The average molecular weight is 204 g/mol. The molecule has 0 bridgehead atoms. The molecule has 0 aliphatic carbocycles. The maximum absolute atomic E-state index is 4.48. The van der Waals surface area contributed by atoms with E-state index >= 15 is 0 Å². The van der Waals surface area contributed by atoms with E-state index in [-0.39, 0.29) is 0 Å². The summed E-state index contributed by atoms with van der Waals surface area (Å²) in [6.07, 6.45) is 2.60. The summed E-state index contributed by atoms with van der Waals surface area (Å²) in [5.41, 5.74) is 2.70. The Morgan fingerprint density at radius 3 is 3.27 bits per heavy atom. The van der Waals surface area contributed by atoms with Crippen LogP contribution in [-0.4, -0.2) is 38.1 Å². The predicted octanol–water partition coefficient (Wildman–Crippen LogP) is -0.165. The summed E-state index contributed by atoms with van der Waals surface area (Å²) in [4.78, 5) is 4.26. The molecular formula is C9H12N6. The van der Waals surface area contributed by atoms with Crippen molar-refractivity contribution in [3.05, 3.63) is 12.0 Å². The van der Waals surface area contributed by atoms with Gasteiger partial charge in [-0.25, -0.2) is 9.67 Å². The monoisotopic (exact) mass is 204 g/mol. The van der Waals surface area contributed by atoms with E-state index in [1.165, 1.54) is 6.33 Å². The lowest BCUT2D eigenvalue weighted by molar-refractivity contribution is 0.686. The van der Waals surface area contributed by atoms with Gasteiger partial charge in [0, 0.05) is 19.5 Å². The van der Waals surface area contributed by atoms with Gasteiger partial charge >= 0.3 is 0 Å². The molecule has 1 atom stereocenters. The molecule has 0 saturated carbocycles. The third kappa shape index (κ3) is 1.29. The summed E-state index contributed by atoms with van der Waals surface area (Å²) in [5, 5.41) is 15.6. The second-order valence-electron chi connectivity index (χ2n) is 3.83. The van der Waals surface area contributed by atoms with Gasteiger partial charge in [0.05, 0.1) is 5.69 Å². The molecule has 78 valence electrons. The van der Waals surface area contributed by atoms with Crippen LogP contribution in [0.4, 0.5) is 0 Å². The van der Waals surface area contributed by atoms with E-state index in [2.05, 4.69) is 25.6 Å². The molecule has 3 heterocycles. The Kier molecular flexibility index (Phi) is 1.88. The van der Waals surface area contributed by atoms with Crippen molar-refractivity contribution < 1.29 is 0 Å². The summed E-state index contributed by atoms with van der Waals surface area (Å²) in [6.45, 7) is 2.04. The molecular weight excluding hydrogens is 192 g/mol. The van der Waals surface area contributed by atoms with E-state index in [0.29, 0.717) is 5.92 Å². The van der Waals surface area contributed by atoms with Crippen molar-refractivity contribution in [2.24, 2.45) is 7.05 Å². The number of aromatic nitrogens is 5. The van der Waals surface area contributed by atoms with E-state index in [9.17, 15) is 0 Å². The Morgan fingerprint density at radius 1 is 1.53 bits per heavy atom. The highest BCUT2D eigenvalue weighted by Crippen LogP contribution is 2.25. The highest BCUT2D eigenvalue weighted by Gasteiger charge is 2.23. The van der Waals surface area contributed by atoms with Crippen LogP contribution in [0.25, 0.3) is 11.2 Å². The standard InChI is InChI=1S/C9H12N6/c1-15-9-8(11-5-12-13-9)7(14-15)6-2-3-10-4-6/h5-6,10H,2-4H2,1H3. The number of nitrogens with zero attached hydrogens (tertiary/aromatic N) is 5. The van der Waals surface area contributed by atoms with Crippen LogP contribution in [0.1, 0.15) is 18.0 Å². The van der Waals surface area contributed by atoms with Gasteiger partial charge in [-0.1, -0.05) is 0 Å². The molecule has 1 N–H and O–H groups in total. The lowest BCUT2D eigenvalue weighted by Gasteiger charge is -2.02. The molecule has 0 amide bonds. The molecule has 1 unspecified atom stereocenters. The molecule has 1 fully saturated rings. The first-order chi connectivity index (χ1) is 7.36. The van der Waals surface area contributed by atoms with Crippen molar-refractivity contribution in [3.63, 3.8) is 0 Å². The Bertz CT molecular complexity index is 484. The molecule has 3 rings (SSSR count). The zero-order chi connectivity index (χ0) is 10.3. The lowest BCUT2D eigenvalue weighted by atomic mass is 10.0. The summed E-state index contributed by atoms with van der Waals surface area (Å²) in [5.74, 6) is 0.463. The number of fused-ring (bicyclic) bond motifs is 1. The third-order valence-corrected chi connectivity index (χ3v) is 2.86. The van der Waals surface area contributed by atoms with Crippen molar-refractivity contribution in [2.75, 3.05) is 13.1 Å². The Morgan fingerprint density at radius 2 is 2.47 bits per heavy atom. The van der Waals surface area contributed by atoms with Gasteiger partial charge in [0.15, 0.2) is 5.65 Å². The van der Waals surface area contributed by atoms with Crippen LogP contribution in [0.2, 0.25) is 0 Å². The third-order valence-electron chi connectivity index (χ3n) is 2.86. The number of nitrogens with one attached hydrogen (secondary N) is 1. The summed E-state index contributed by atoms with van der Waals surface area (Å²) in [6, 6.07) is 0. The quantitative estimate of drug-likeness (QED) is 0.698. The van der Waals surface area contributed by atoms with Crippen molar-refractivity contribution in [1.29, 1.82) is 0 Å². The first kappa shape index (κ1) is 8.72. The lowest BCUT2D eigenvalue weighted by Crippen LogP contribution is -2.08. The first-order valence-electron chi connectivity index (χ1n) is 5.07. The van der Waals surface area contributed by atoms with Gasteiger partial charge in [-0.3, -0.25) is 0 Å². The van der Waals surface area contributed by atoms with Gasteiger partial charge in [0.2, 0.25) is 0 Å². The second-order valence-corrected chi connectivity index (χ2v) is 3.83. The topological polar surface area (TPSA) is 68.5 Å². The fraction of sp³-hybridized carbons (Fsp3) is 0.556. The maximum Gasteiger partial charge on any atom is 0.199 e. The summed E-state index contributed by atoms with van der Waals surface area (Å²) < 4.78 is 1.75. The Hall–Kier alpha value is -1.56. The van der Waals surface area contributed by atoms with E-state index in [4.69, 9.17) is 0 Å². The highest BCUT2D eigenvalue weighted by molar-refractivity contribution is 5.73. The van der Waals surface area contributed by atoms with Gasteiger partial charge in [0.25, 0.3) is 0 Å². The van der Waals surface area contributed by atoms with Gasteiger partial charge in [-0.15, -0.1) is 10.2 Å². The molecule has 2 aromatic heterocycles. The molecule has 2 aromatic rings. The fourth-order valence-electron chi connectivity index (χ4n) is 2.09. The SMILES string of the molecule is Cn1nc(C2CCNC2)c2ncnnc21. The van der Waals surface area contributed by atoms with Crippen LogP contribution in [0.5, 0.6) is 0 Å².